The largest absolute Gasteiger partial charge is 0.492 e. The van der Waals surface area contributed by atoms with E-state index in [1.807, 2.05) is 14.1 Å². The van der Waals surface area contributed by atoms with Crippen molar-refractivity contribution in [3.8, 4) is 5.75 Å². The molecule has 1 aromatic carbocycles. The van der Waals surface area contributed by atoms with Gasteiger partial charge in [-0.2, -0.15) is 0 Å². The van der Waals surface area contributed by atoms with Gasteiger partial charge in [0.15, 0.2) is 5.96 Å². The number of guanidine groups is 1. The minimum Gasteiger partial charge on any atom is -0.492 e. The third-order valence-corrected chi connectivity index (χ3v) is 5.86. The van der Waals surface area contributed by atoms with E-state index >= 15 is 0 Å². The highest BCUT2D eigenvalue weighted by molar-refractivity contribution is 5.79. The summed E-state index contributed by atoms with van der Waals surface area (Å²) < 4.78 is 24.3. The van der Waals surface area contributed by atoms with Crippen LogP contribution in [0.15, 0.2) is 29.3 Å². The fourth-order valence-electron chi connectivity index (χ4n) is 4.11. The van der Waals surface area contributed by atoms with Gasteiger partial charge in [0, 0.05) is 39.4 Å². The maximum Gasteiger partial charge on any atom is 0.193 e. The molecular formula is C21H33FN4O2. The van der Waals surface area contributed by atoms with Gasteiger partial charge in [-0.15, -0.1) is 0 Å². The molecule has 0 saturated carbocycles. The van der Waals surface area contributed by atoms with Crippen molar-refractivity contribution in [1.82, 2.24) is 15.1 Å². The molecule has 0 unspecified atom stereocenters. The molecular weight excluding hydrogens is 359 g/mol. The van der Waals surface area contributed by atoms with Gasteiger partial charge in [-0.1, -0.05) is 0 Å². The Balaban J connectivity index is 1.50. The van der Waals surface area contributed by atoms with Gasteiger partial charge in [-0.05, 0) is 63.0 Å². The Morgan fingerprint density at radius 1 is 1.25 bits per heavy atom. The lowest BCUT2D eigenvalue weighted by molar-refractivity contribution is -0.0166. The number of ether oxygens (including phenoxy) is 2. The highest BCUT2D eigenvalue weighted by Gasteiger charge is 2.39. The number of likely N-dealkylation sites (tertiary alicyclic amines) is 1. The standard InChI is InChI=1S/C21H33FN4O2/c1-23-20(25(2)13-16-28-19-7-5-18(22)6-8-19)24-17-21(9-14-27-15-10-21)26-11-3-4-12-26/h5-8H,3-4,9-17H2,1-2H3,(H,23,24). The first-order valence-corrected chi connectivity index (χ1v) is 10.3. The molecule has 0 aliphatic carbocycles. The van der Waals surface area contributed by atoms with Crippen LogP contribution < -0.4 is 10.1 Å². The maximum atomic E-state index is 13.0. The summed E-state index contributed by atoms with van der Waals surface area (Å²) in [6.45, 7) is 6.11. The van der Waals surface area contributed by atoms with E-state index in [1.54, 1.807) is 12.1 Å². The number of hydrogen-bond donors (Lipinski definition) is 1. The SMILES string of the molecule is CN=C(NCC1(N2CCCC2)CCOCC1)N(C)CCOc1ccc(F)cc1. The van der Waals surface area contributed by atoms with Crippen molar-refractivity contribution in [2.45, 2.75) is 31.2 Å². The number of nitrogens with zero attached hydrogens (tertiary/aromatic N) is 3. The van der Waals surface area contributed by atoms with E-state index in [1.165, 1.54) is 38.1 Å². The number of halogens is 1. The molecule has 28 heavy (non-hydrogen) atoms. The van der Waals surface area contributed by atoms with E-state index in [9.17, 15) is 4.39 Å². The van der Waals surface area contributed by atoms with Gasteiger partial charge < -0.3 is 19.7 Å². The number of rotatable bonds is 7. The molecule has 3 rings (SSSR count). The van der Waals surface area contributed by atoms with E-state index in [0.29, 0.717) is 18.9 Å². The molecule has 2 aliphatic rings. The minimum absolute atomic E-state index is 0.163. The summed E-state index contributed by atoms with van der Waals surface area (Å²) in [5.74, 6) is 1.29. The lowest BCUT2D eigenvalue weighted by atomic mass is 9.88. The Kier molecular flexibility index (Phi) is 7.50. The summed E-state index contributed by atoms with van der Waals surface area (Å²) in [5, 5.41) is 3.59. The van der Waals surface area contributed by atoms with Crippen molar-refractivity contribution >= 4 is 5.96 Å². The average molecular weight is 393 g/mol. The van der Waals surface area contributed by atoms with Gasteiger partial charge in [0.05, 0.1) is 6.54 Å². The Morgan fingerprint density at radius 2 is 1.93 bits per heavy atom. The molecule has 2 aliphatic heterocycles. The van der Waals surface area contributed by atoms with Gasteiger partial charge in [0.1, 0.15) is 18.2 Å². The van der Waals surface area contributed by atoms with E-state index in [-0.39, 0.29) is 11.4 Å². The van der Waals surface area contributed by atoms with Crippen molar-refractivity contribution in [2.24, 2.45) is 4.99 Å². The predicted octanol–water partition coefficient (Wildman–Crippen LogP) is 2.36. The minimum atomic E-state index is -0.255. The number of aliphatic imine (C=N–C) groups is 1. The van der Waals surface area contributed by atoms with Gasteiger partial charge in [0.25, 0.3) is 0 Å². The lowest BCUT2D eigenvalue weighted by Crippen LogP contribution is -2.58. The zero-order valence-electron chi connectivity index (χ0n) is 17.1. The lowest BCUT2D eigenvalue weighted by Gasteiger charge is -2.45. The van der Waals surface area contributed by atoms with Crippen LogP contribution in [0.2, 0.25) is 0 Å². The highest BCUT2D eigenvalue weighted by atomic mass is 19.1. The van der Waals surface area contributed by atoms with E-state index in [2.05, 4.69) is 20.1 Å². The molecule has 0 atom stereocenters. The van der Waals surface area contributed by atoms with Crippen LogP contribution in [0.1, 0.15) is 25.7 Å². The number of nitrogens with one attached hydrogen (secondary N) is 1. The zero-order chi connectivity index (χ0) is 19.8. The van der Waals surface area contributed by atoms with Gasteiger partial charge in [-0.3, -0.25) is 9.89 Å². The van der Waals surface area contributed by atoms with Crippen molar-refractivity contribution in [3.05, 3.63) is 30.1 Å². The molecule has 7 heteroatoms. The quantitative estimate of drug-likeness (QED) is 0.570. The second-order valence-corrected chi connectivity index (χ2v) is 7.66. The molecule has 156 valence electrons. The molecule has 1 N–H and O–H groups in total. The first-order valence-electron chi connectivity index (χ1n) is 10.3. The van der Waals surface area contributed by atoms with Crippen LogP contribution in [0.25, 0.3) is 0 Å². The molecule has 2 saturated heterocycles. The monoisotopic (exact) mass is 392 g/mol. The number of hydrogen-bond acceptors (Lipinski definition) is 4. The van der Waals surface area contributed by atoms with Crippen LogP contribution in [0, 0.1) is 5.82 Å². The van der Waals surface area contributed by atoms with Crippen molar-refractivity contribution in [3.63, 3.8) is 0 Å². The maximum absolute atomic E-state index is 13.0. The third-order valence-electron chi connectivity index (χ3n) is 5.86. The molecule has 2 fully saturated rings. The summed E-state index contributed by atoms with van der Waals surface area (Å²) in [4.78, 5) is 9.16. The average Bonchev–Trinajstić information content (AvgIpc) is 3.26. The normalized spacial score (nSPS) is 20.2. The van der Waals surface area contributed by atoms with Crippen LogP contribution in [-0.2, 0) is 4.74 Å². The molecule has 0 bridgehead atoms. The Morgan fingerprint density at radius 3 is 2.57 bits per heavy atom. The first kappa shape index (κ1) is 20.9. The second kappa shape index (κ2) is 10.1. The van der Waals surface area contributed by atoms with E-state index in [0.717, 1.165) is 38.6 Å². The summed E-state index contributed by atoms with van der Waals surface area (Å²) in [6, 6.07) is 6.11. The van der Waals surface area contributed by atoms with Crippen LogP contribution >= 0.6 is 0 Å². The third kappa shape index (κ3) is 5.35. The number of benzene rings is 1. The Bertz CT molecular complexity index is 626. The molecule has 2 heterocycles. The van der Waals surface area contributed by atoms with Gasteiger partial charge >= 0.3 is 0 Å². The molecule has 0 aromatic heterocycles. The van der Waals surface area contributed by atoms with Crippen LogP contribution in [0.4, 0.5) is 4.39 Å². The molecule has 1 aromatic rings. The van der Waals surface area contributed by atoms with Gasteiger partial charge in [-0.25, -0.2) is 4.39 Å². The van der Waals surface area contributed by atoms with Crippen LogP contribution in [0.3, 0.4) is 0 Å². The van der Waals surface area contributed by atoms with Crippen LogP contribution in [-0.4, -0.2) is 81.4 Å². The predicted molar refractivity (Wildman–Crippen MR) is 109 cm³/mol. The molecule has 0 amide bonds. The molecule has 0 spiro atoms. The summed E-state index contributed by atoms with van der Waals surface area (Å²) in [7, 11) is 3.82. The second-order valence-electron chi connectivity index (χ2n) is 7.66. The Labute approximate surface area is 167 Å². The molecule has 0 radical (unpaired) electrons. The zero-order valence-corrected chi connectivity index (χ0v) is 17.1. The van der Waals surface area contributed by atoms with Gasteiger partial charge in [0.2, 0.25) is 0 Å². The van der Waals surface area contributed by atoms with Crippen LogP contribution in [0.5, 0.6) is 5.75 Å². The fourth-order valence-corrected chi connectivity index (χ4v) is 4.11. The topological polar surface area (TPSA) is 49.3 Å². The highest BCUT2D eigenvalue weighted by Crippen LogP contribution is 2.30. The first-order chi connectivity index (χ1) is 13.6. The Hall–Kier alpha value is -1.86. The molecule has 6 nitrogen and oxygen atoms in total. The van der Waals surface area contributed by atoms with Crippen molar-refractivity contribution in [2.75, 3.05) is 60.1 Å². The summed E-state index contributed by atoms with van der Waals surface area (Å²) >= 11 is 0. The van der Waals surface area contributed by atoms with Crippen molar-refractivity contribution < 1.29 is 13.9 Å². The number of likely N-dealkylation sites (N-methyl/N-ethyl adjacent to an activating group) is 1. The summed E-state index contributed by atoms with van der Waals surface area (Å²) in [6.07, 6.45) is 4.71. The van der Waals surface area contributed by atoms with Crippen molar-refractivity contribution in [1.29, 1.82) is 0 Å². The summed E-state index contributed by atoms with van der Waals surface area (Å²) in [5.41, 5.74) is 0.163. The van der Waals surface area contributed by atoms with E-state index in [4.69, 9.17) is 9.47 Å². The smallest absolute Gasteiger partial charge is 0.193 e. The fraction of sp³-hybridized carbons (Fsp3) is 0.667. The van der Waals surface area contributed by atoms with E-state index < -0.39 is 0 Å².